The fraction of sp³-hybridized carbons (Fsp3) is 0.647. The first-order valence-electron chi connectivity index (χ1n) is 7.85. The van der Waals surface area contributed by atoms with Crippen molar-refractivity contribution in [1.29, 1.82) is 0 Å². The lowest BCUT2D eigenvalue weighted by Crippen LogP contribution is -2.33. The maximum absolute atomic E-state index is 6.03. The molecule has 21 heavy (non-hydrogen) atoms. The van der Waals surface area contributed by atoms with E-state index in [1.54, 1.807) is 7.11 Å². The van der Waals surface area contributed by atoms with Crippen molar-refractivity contribution in [3.05, 3.63) is 29.8 Å². The third kappa shape index (κ3) is 4.70. The van der Waals surface area contributed by atoms with E-state index >= 15 is 0 Å². The van der Waals surface area contributed by atoms with Crippen molar-refractivity contribution in [1.82, 2.24) is 5.32 Å². The molecule has 2 rings (SSSR count). The molecule has 0 spiro atoms. The van der Waals surface area contributed by atoms with Gasteiger partial charge in [-0.05, 0) is 44.0 Å². The predicted octanol–water partition coefficient (Wildman–Crippen LogP) is 2.93. The minimum atomic E-state index is 0.0996. The highest BCUT2D eigenvalue weighted by molar-refractivity contribution is 5.29. The summed E-state index contributed by atoms with van der Waals surface area (Å²) >= 11 is 0. The largest absolute Gasteiger partial charge is 0.497 e. The number of nitrogens with one attached hydrogen (secondary N) is 1. The Kier molecular flexibility index (Phi) is 6.49. The molecular formula is C17H27NO3. The standard InChI is InChI=1S/C17H27NO3/c1-4-18-17(14-7-9-15(19-3)10-8-14)13(2)21-12-16-6-5-11-20-16/h7-10,13,16-18H,4-6,11-12H2,1-3H3. The molecule has 1 aliphatic rings. The van der Waals surface area contributed by atoms with E-state index in [0.29, 0.717) is 6.61 Å². The zero-order valence-electron chi connectivity index (χ0n) is 13.3. The summed E-state index contributed by atoms with van der Waals surface area (Å²) in [6, 6.07) is 8.36. The van der Waals surface area contributed by atoms with E-state index in [-0.39, 0.29) is 18.2 Å². The molecule has 0 saturated carbocycles. The molecule has 1 heterocycles. The first kappa shape index (κ1) is 16.3. The van der Waals surface area contributed by atoms with Gasteiger partial charge in [0.15, 0.2) is 0 Å². The van der Waals surface area contributed by atoms with Crippen LogP contribution in [0.4, 0.5) is 0 Å². The molecule has 118 valence electrons. The van der Waals surface area contributed by atoms with Crippen LogP contribution in [-0.4, -0.2) is 39.1 Å². The maximum Gasteiger partial charge on any atom is 0.118 e. The number of hydrogen-bond donors (Lipinski definition) is 1. The monoisotopic (exact) mass is 293 g/mol. The topological polar surface area (TPSA) is 39.7 Å². The first-order chi connectivity index (χ1) is 10.2. The van der Waals surface area contributed by atoms with Crippen LogP contribution in [0, 0.1) is 0 Å². The zero-order valence-corrected chi connectivity index (χ0v) is 13.3. The van der Waals surface area contributed by atoms with E-state index < -0.39 is 0 Å². The summed E-state index contributed by atoms with van der Waals surface area (Å²) in [6.45, 7) is 6.69. The van der Waals surface area contributed by atoms with E-state index in [1.807, 2.05) is 12.1 Å². The van der Waals surface area contributed by atoms with Gasteiger partial charge in [-0.1, -0.05) is 19.1 Å². The second-order valence-electron chi connectivity index (χ2n) is 5.48. The molecule has 0 aliphatic carbocycles. The van der Waals surface area contributed by atoms with Gasteiger partial charge in [-0.3, -0.25) is 0 Å². The van der Waals surface area contributed by atoms with Gasteiger partial charge in [0.05, 0.1) is 32.0 Å². The van der Waals surface area contributed by atoms with Gasteiger partial charge in [-0.15, -0.1) is 0 Å². The van der Waals surface area contributed by atoms with Crippen LogP contribution in [0.5, 0.6) is 5.75 Å². The van der Waals surface area contributed by atoms with Gasteiger partial charge in [0.25, 0.3) is 0 Å². The molecule has 3 unspecified atom stereocenters. The number of benzene rings is 1. The molecule has 0 bridgehead atoms. The van der Waals surface area contributed by atoms with Crippen molar-refractivity contribution >= 4 is 0 Å². The van der Waals surface area contributed by atoms with E-state index in [1.165, 1.54) is 5.56 Å². The lowest BCUT2D eigenvalue weighted by molar-refractivity contribution is -0.0268. The van der Waals surface area contributed by atoms with Gasteiger partial charge in [-0.2, -0.15) is 0 Å². The van der Waals surface area contributed by atoms with Gasteiger partial charge < -0.3 is 19.5 Å². The van der Waals surface area contributed by atoms with E-state index in [2.05, 4.69) is 31.3 Å². The van der Waals surface area contributed by atoms with Crippen molar-refractivity contribution in [2.45, 2.75) is 44.9 Å². The van der Waals surface area contributed by atoms with Crippen LogP contribution in [0.25, 0.3) is 0 Å². The predicted molar refractivity (Wildman–Crippen MR) is 83.8 cm³/mol. The smallest absolute Gasteiger partial charge is 0.118 e. The quantitative estimate of drug-likeness (QED) is 0.800. The van der Waals surface area contributed by atoms with Crippen molar-refractivity contribution in [3.8, 4) is 5.75 Å². The Balaban J connectivity index is 1.94. The Morgan fingerprint density at radius 2 is 2.10 bits per heavy atom. The van der Waals surface area contributed by atoms with Crippen LogP contribution >= 0.6 is 0 Å². The molecule has 4 nitrogen and oxygen atoms in total. The first-order valence-corrected chi connectivity index (χ1v) is 7.85. The second-order valence-corrected chi connectivity index (χ2v) is 5.48. The molecule has 0 aromatic heterocycles. The Morgan fingerprint density at radius 1 is 1.33 bits per heavy atom. The Labute approximate surface area is 127 Å². The summed E-state index contributed by atoms with van der Waals surface area (Å²) in [7, 11) is 1.68. The van der Waals surface area contributed by atoms with Crippen molar-refractivity contribution in [2.24, 2.45) is 0 Å². The van der Waals surface area contributed by atoms with Crippen LogP contribution in [0.1, 0.15) is 38.3 Å². The van der Waals surface area contributed by atoms with Gasteiger partial charge >= 0.3 is 0 Å². The fourth-order valence-corrected chi connectivity index (χ4v) is 2.72. The minimum absolute atomic E-state index is 0.0996. The summed E-state index contributed by atoms with van der Waals surface area (Å²) in [4.78, 5) is 0. The molecule has 1 saturated heterocycles. The van der Waals surface area contributed by atoms with Crippen molar-refractivity contribution in [2.75, 3.05) is 26.9 Å². The molecule has 0 radical (unpaired) electrons. The highest BCUT2D eigenvalue weighted by Crippen LogP contribution is 2.23. The summed E-state index contributed by atoms with van der Waals surface area (Å²) in [5, 5.41) is 3.50. The van der Waals surface area contributed by atoms with Crippen LogP contribution < -0.4 is 10.1 Å². The SMILES string of the molecule is CCNC(c1ccc(OC)cc1)C(C)OCC1CCCO1. The van der Waals surface area contributed by atoms with Gasteiger partial charge in [-0.25, -0.2) is 0 Å². The molecular weight excluding hydrogens is 266 g/mol. The average molecular weight is 293 g/mol. The van der Waals surface area contributed by atoms with Crippen LogP contribution in [0.15, 0.2) is 24.3 Å². The third-order valence-corrected chi connectivity index (χ3v) is 3.94. The average Bonchev–Trinajstić information content (AvgIpc) is 3.04. The van der Waals surface area contributed by atoms with Crippen LogP contribution in [0.2, 0.25) is 0 Å². The van der Waals surface area contributed by atoms with E-state index in [0.717, 1.165) is 31.7 Å². The summed E-state index contributed by atoms with van der Waals surface area (Å²) in [5.41, 5.74) is 1.22. The van der Waals surface area contributed by atoms with E-state index in [4.69, 9.17) is 14.2 Å². The number of hydrogen-bond acceptors (Lipinski definition) is 4. The molecule has 3 atom stereocenters. The maximum atomic E-state index is 6.03. The molecule has 1 aromatic carbocycles. The highest BCUT2D eigenvalue weighted by Gasteiger charge is 2.22. The number of likely N-dealkylation sites (N-methyl/N-ethyl adjacent to an activating group) is 1. The lowest BCUT2D eigenvalue weighted by atomic mass is 10.0. The molecule has 1 aromatic rings. The van der Waals surface area contributed by atoms with Gasteiger partial charge in [0, 0.05) is 6.61 Å². The molecule has 1 aliphatic heterocycles. The molecule has 4 heteroatoms. The van der Waals surface area contributed by atoms with E-state index in [9.17, 15) is 0 Å². The third-order valence-electron chi connectivity index (χ3n) is 3.94. The lowest BCUT2D eigenvalue weighted by Gasteiger charge is -2.26. The molecule has 0 amide bonds. The number of ether oxygens (including phenoxy) is 3. The summed E-state index contributed by atoms with van der Waals surface area (Å²) < 4.78 is 16.9. The Morgan fingerprint density at radius 3 is 2.67 bits per heavy atom. The fourth-order valence-electron chi connectivity index (χ4n) is 2.72. The van der Waals surface area contributed by atoms with Crippen molar-refractivity contribution in [3.63, 3.8) is 0 Å². The number of rotatable bonds is 8. The van der Waals surface area contributed by atoms with Crippen molar-refractivity contribution < 1.29 is 14.2 Å². The molecule has 1 fully saturated rings. The Hall–Kier alpha value is -1.10. The zero-order chi connectivity index (χ0) is 15.1. The second kappa shape index (κ2) is 8.37. The number of methoxy groups -OCH3 is 1. The summed E-state index contributed by atoms with van der Waals surface area (Å²) in [5.74, 6) is 0.877. The molecule has 1 N–H and O–H groups in total. The van der Waals surface area contributed by atoms with Gasteiger partial charge in [0.2, 0.25) is 0 Å². The Bertz CT molecular complexity index is 401. The normalized spacial score (nSPS) is 21.2. The highest BCUT2D eigenvalue weighted by atomic mass is 16.5. The van der Waals surface area contributed by atoms with Crippen LogP contribution in [0.3, 0.4) is 0 Å². The van der Waals surface area contributed by atoms with Gasteiger partial charge in [0.1, 0.15) is 5.75 Å². The van der Waals surface area contributed by atoms with Crippen LogP contribution in [-0.2, 0) is 9.47 Å². The summed E-state index contributed by atoms with van der Waals surface area (Å²) in [6.07, 6.45) is 2.63. The minimum Gasteiger partial charge on any atom is -0.497 e.